The van der Waals surface area contributed by atoms with E-state index in [-0.39, 0.29) is 28.7 Å². The van der Waals surface area contributed by atoms with Crippen LogP contribution in [0.2, 0.25) is 0 Å². The molecule has 1 fully saturated rings. The van der Waals surface area contributed by atoms with Crippen LogP contribution in [0.1, 0.15) is 28.9 Å². The Balaban J connectivity index is 1.71. The molecular formula is C21H23N5O4. The Morgan fingerprint density at radius 1 is 1.23 bits per heavy atom. The molecule has 9 heteroatoms. The number of aryl methyl sites for hydroxylation is 1. The van der Waals surface area contributed by atoms with Crippen molar-refractivity contribution in [3.05, 3.63) is 68.8 Å². The predicted molar refractivity (Wildman–Crippen MR) is 110 cm³/mol. The number of rotatable bonds is 5. The molecule has 1 amide bonds. The maximum absolute atomic E-state index is 13.3. The lowest BCUT2D eigenvalue weighted by atomic mass is 10.2. The zero-order chi connectivity index (χ0) is 21.3. The molecule has 0 N–H and O–H groups in total. The van der Waals surface area contributed by atoms with Crippen LogP contribution in [0.15, 0.2) is 46.2 Å². The molecule has 1 unspecified atom stereocenters. The fourth-order valence-corrected chi connectivity index (χ4v) is 3.70. The number of carbonyl (C=O) groups is 1. The Morgan fingerprint density at radius 2 is 2.07 bits per heavy atom. The Labute approximate surface area is 172 Å². The molecule has 0 radical (unpaired) electrons. The van der Waals surface area contributed by atoms with Crippen LogP contribution in [0.25, 0.3) is 11.0 Å². The smallest absolute Gasteiger partial charge is 0.332 e. The Hall–Kier alpha value is -3.33. The van der Waals surface area contributed by atoms with Crippen molar-refractivity contribution >= 4 is 16.9 Å². The summed E-state index contributed by atoms with van der Waals surface area (Å²) >= 11 is 0. The average molecular weight is 409 g/mol. The minimum atomic E-state index is -0.490. The van der Waals surface area contributed by atoms with Gasteiger partial charge in [-0.1, -0.05) is 6.07 Å². The molecule has 0 aromatic carbocycles. The fourth-order valence-electron chi connectivity index (χ4n) is 3.70. The van der Waals surface area contributed by atoms with Crippen LogP contribution in [0.4, 0.5) is 0 Å². The monoisotopic (exact) mass is 409 g/mol. The standard InChI is InChI=1S/C21H23N5O4/c1-24-18-16(19(27)25(2)21(24)29)7-8-17(23-18)20(28)26(13-15-6-4-10-30-15)12-14-5-3-9-22-11-14/h3,5,7-9,11,15H,4,6,10,12-13H2,1-2H3. The lowest BCUT2D eigenvalue weighted by molar-refractivity contribution is 0.0503. The number of amides is 1. The van der Waals surface area contributed by atoms with Crippen molar-refractivity contribution in [3.8, 4) is 0 Å². The van der Waals surface area contributed by atoms with Crippen LogP contribution in [0.5, 0.6) is 0 Å². The fraction of sp³-hybridized carbons (Fsp3) is 0.381. The summed E-state index contributed by atoms with van der Waals surface area (Å²) in [4.78, 5) is 48.2. The average Bonchev–Trinajstić information content (AvgIpc) is 3.29. The van der Waals surface area contributed by atoms with Crippen molar-refractivity contribution in [1.29, 1.82) is 0 Å². The van der Waals surface area contributed by atoms with Crippen molar-refractivity contribution in [2.75, 3.05) is 13.2 Å². The first-order chi connectivity index (χ1) is 14.5. The van der Waals surface area contributed by atoms with Gasteiger partial charge in [0.2, 0.25) is 0 Å². The highest BCUT2D eigenvalue weighted by Crippen LogP contribution is 2.17. The summed E-state index contributed by atoms with van der Waals surface area (Å²) in [6.45, 7) is 1.49. The second-order valence-corrected chi connectivity index (χ2v) is 7.46. The molecule has 0 bridgehead atoms. The molecule has 156 valence electrons. The normalized spacial score (nSPS) is 16.1. The van der Waals surface area contributed by atoms with E-state index in [9.17, 15) is 14.4 Å². The first kappa shape index (κ1) is 20.0. The number of hydrogen-bond acceptors (Lipinski definition) is 6. The molecule has 9 nitrogen and oxygen atoms in total. The maximum atomic E-state index is 13.3. The summed E-state index contributed by atoms with van der Waals surface area (Å²) in [5.74, 6) is -0.288. The second-order valence-electron chi connectivity index (χ2n) is 7.46. The van der Waals surface area contributed by atoms with E-state index >= 15 is 0 Å². The predicted octanol–water partition coefficient (Wildman–Crippen LogP) is 0.849. The van der Waals surface area contributed by atoms with Crippen LogP contribution in [-0.2, 0) is 25.4 Å². The topological polar surface area (TPSA) is 99.3 Å². The maximum Gasteiger partial charge on any atom is 0.332 e. The van der Waals surface area contributed by atoms with Crippen LogP contribution >= 0.6 is 0 Å². The van der Waals surface area contributed by atoms with E-state index < -0.39 is 11.2 Å². The summed E-state index contributed by atoms with van der Waals surface area (Å²) in [6.07, 6.45) is 5.24. The number of ether oxygens (including phenoxy) is 1. The van der Waals surface area contributed by atoms with Crippen LogP contribution in [-0.4, -0.2) is 49.2 Å². The molecule has 4 rings (SSSR count). The molecule has 1 aliphatic rings. The molecule has 1 atom stereocenters. The molecule has 0 saturated carbocycles. The number of hydrogen-bond donors (Lipinski definition) is 0. The summed E-state index contributed by atoms with van der Waals surface area (Å²) in [5, 5.41) is 0.286. The first-order valence-electron chi connectivity index (χ1n) is 9.82. The van der Waals surface area contributed by atoms with Gasteiger partial charge in [0.25, 0.3) is 11.5 Å². The zero-order valence-electron chi connectivity index (χ0n) is 16.9. The van der Waals surface area contributed by atoms with Gasteiger partial charge < -0.3 is 9.64 Å². The molecule has 3 aromatic rings. The van der Waals surface area contributed by atoms with E-state index in [1.54, 1.807) is 23.4 Å². The number of pyridine rings is 2. The van der Waals surface area contributed by atoms with E-state index in [0.29, 0.717) is 19.7 Å². The van der Waals surface area contributed by atoms with Crippen molar-refractivity contribution in [2.24, 2.45) is 14.1 Å². The molecule has 3 aromatic heterocycles. The lowest BCUT2D eigenvalue weighted by Gasteiger charge is -2.25. The molecule has 0 spiro atoms. The van der Waals surface area contributed by atoms with Gasteiger partial charge in [-0.05, 0) is 36.6 Å². The quantitative estimate of drug-likeness (QED) is 0.619. The van der Waals surface area contributed by atoms with Gasteiger partial charge in [0.1, 0.15) is 11.3 Å². The summed E-state index contributed by atoms with van der Waals surface area (Å²) in [6, 6.07) is 6.81. The SMILES string of the molecule is Cn1c(=O)c2ccc(C(=O)N(Cc3cccnc3)CC3CCCO3)nc2n(C)c1=O. The molecular weight excluding hydrogens is 386 g/mol. The number of carbonyl (C=O) groups excluding carboxylic acids is 1. The van der Waals surface area contributed by atoms with E-state index in [1.807, 2.05) is 12.1 Å². The van der Waals surface area contributed by atoms with Gasteiger partial charge in [0, 0.05) is 46.2 Å². The zero-order valence-corrected chi connectivity index (χ0v) is 16.9. The van der Waals surface area contributed by atoms with E-state index in [4.69, 9.17) is 4.74 Å². The number of nitrogens with zero attached hydrogens (tertiary/aromatic N) is 5. The third-order valence-electron chi connectivity index (χ3n) is 5.35. The van der Waals surface area contributed by atoms with Crippen molar-refractivity contribution in [1.82, 2.24) is 24.0 Å². The Morgan fingerprint density at radius 3 is 2.77 bits per heavy atom. The molecule has 4 heterocycles. The van der Waals surface area contributed by atoms with Gasteiger partial charge >= 0.3 is 5.69 Å². The van der Waals surface area contributed by atoms with Gasteiger partial charge in [0.15, 0.2) is 0 Å². The molecule has 1 aliphatic heterocycles. The van der Waals surface area contributed by atoms with Crippen LogP contribution in [0.3, 0.4) is 0 Å². The minimum Gasteiger partial charge on any atom is -0.376 e. The molecule has 1 saturated heterocycles. The van der Waals surface area contributed by atoms with E-state index in [2.05, 4.69) is 9.97 Å². The summed E-state index contributed by atoms with van der Waals surface area (Å²) in [7, 11) is 2.95. The van der Waals surface area contributed by atoms with Crippen molar-refractivity contribution in [2.45, 2.75) is 25.5 Å². The first-order valence-corrected chi connectivity index (χ1v) is 9.82. The second kappa shape index (κ2) is 8.19. The Kier molecular flexibility index (Phi) is 5.45. The van der Waals surface area contributed by atoms with E-state index in [0.717, 1.165) is 23.0 Å². The van der Waals surface area contributed by atoms with Crippen molar-refractivity contribution in [3.63, 3.8) is 0 Å². The lowest BCUT2D eigenvalue weighted by Crippen LogP contribution is -2.39. The van der Waals surface area contributed by atoms with Gasteiger partial charge in [-0.2, -0.15) is 0 Å². The highest BCUT2D eigenvalue weighted by Gasteiger charge is 2.25. The van der Waals surface area contributed by atoms with Crippen molar-refractivity contribution < 1.29 is 9.53 Å². The summed E-state index contributed by atoms with van der Waals surface area (Å²) in [5.41, 5.74) is 0.327. The largest absolute Gasteiger partial charge is 0.376 e. The third kappa shape index (κ3) is 3.76. The highest BCUT2D eigenvalue weighted by atomic mass is 16.5. The highest BCUT2D eigenvalue weighted by molar-refractivity contribution is 5.94. The van der Waals surface area contributed by atoms with Gasteiger partial charge in [-0.25, -0.2) is 9.78 Å². The van der Waals surface area contributed by atoms with E-state index in [1.165, 1.54) is 24.7 Å². The number of fused-ring (bicyclic) bond motifs is 1. The van der Waals surface area contributed by atoms with Gasteiger partial charge in [-0.15, -0.1) is 0 Å². The molecule has 0 aliphatic carbocycles. The minimum absolute atomic E-state index is 0.0253. The molecule has 30 heavy (non-hydrogen) atoms. The van der Waals surface area contributed by atoms with Gasteiger partial charge in [0.05, 0.1) is 11.5 Å². The number of aromatic nitrogens is 4. The Bertz CT molecular complexity index is 1200. The summed E-state index contributed by atoms with van der Waals surface area (Å²) < 4.78 is 8.02. The third-order valence-corrected chi connectivity index (χ3v) is 5.35. The van der Waals surface area contributed by atoms with Crippen LogP contribution < -0.4 is 11.2 Å². The van der Waals surface area contributed by atoms with Gasteiger partial charge in [-0.3, -0.25) is 23.7 Å². The van der Waals surface area contributed by atoms with Crippen LogP contribution in [0, 0.1) is 0 Å².